The Kier molecular flexibility index (Phi) is 4.49. The van der Waals surface area contributed by atoms with Gasteiger partial charge in [-0.15, -0.1) is 0 Å². The van der Waals surface area contributed by atoms with Crippen LogP contribution in [0.15, 0.2) is 18.3 Å². The summed E-state index contributed by atoms with van der Waals surface area (Å²) in [6, 6.07) is 2.75. The lowest BCUT2D eigenvalue weighted by molar-refractivity contribution is -0.201. The van der Waals surface area contributed by atoms with E-state index in [1.807, 2.05) is 5.32 Å². The van der Waals surface area contributed by atoms with Gasteiger partial charge in [-0.05, 0) is 6.07 Å². The molecule has 0 aromatic carbocycles. The SMILES string of the molecule is COc1ccc(C(=O)NCC(O)C(F)(F)F)cn1. The molecule has 1 aromatic rings. The molecular formula is C10H11F3N2O3. The highest BCUT2D eigenvalue weighted by atomic mass is 19.4. The number of amides is 1. The fourth-order valence-corrected chi connectivity index (χ4v) is 1.04. The second-order valence-corrected chi connectivity index (χ2v) is 3.36. The third kappa shape index (κ3) is 3.88. The van der Waals surface area contributed by atoms with Crippen molar-refractivity contribution in [3.8, 4) is 5.88 Å². The second kappa shape index (κ2) is 5.67. The first kappa shape index (κ1) is 14.2. The second-order valence-electron chi connectivity index (χ2n) is 3.36. The molecule has 0 saturated carbocycles. The van der Waals surface area contributed by atoms with Crippen LogP contribution in [-0.4, -0.2) is 41.9 Å². The summed E-state index contributed by atoms with van der Waals surface area (Å²) in [5, 5.41) is 10.6. The number of aromatic nitrogens is 1. The molecule has 8 heteroatoms. The van der Waals surface area contributed by atoms with Crippen LogP contribution in [0.3, 0.4) is 0 Å². The summed E-state index contributed by atoms with van der Waals surface area (Å²) in [7, 11) is 1.39. The molecule has 0 aliphatic heterocycles. The molecular weight excluding hydrogens is 253 g/mol. The Morgan fingerprint density at radius 3 is 2.67 bits per heavy atom. The number of nitrogens with one attached hydrogen (secondary N) is 1. The number of rotatable bonds is 4. The van der Waals surface area contributed by atoms with Crippen LogP contribution in [0.1, 0.15) is 10.4 Å². The van der Waals surface area contributed by atoms with Crippen molar-refractivity contribution in [1.29, 1.82) is 0 Å². The maximum atomic E-state index is 12.0. The van der Waals surface area contributed by atoms with Gasteiger partial charge in [-0.25, -0.2) is 4.98 Å². The summed E-state index contributed by atoms with van der Waals surface area (Å²) in [4.78, 5) is 15.1. The maximum Gasteiger partial charge on any atom is 0.416 e. The standard InChI is InChI=1S/C10H11F3N2O3/c1-18-8-3-2-6(4-14-8)9(17)15-5-7(16)10(11,12)13/h2-4,7,16H,5H2,1H3,(H,15,17). The number of methoxy groups -OCH3 is 1. The number of hydrogen-bond acceptors (Lipinski definition) is 4. The van der Waals surface area contributed by atoms with Gasteiger partial charge in [-0.2, -0.15) is 13.2 Å². The molecule has 1 aromatic heterocycles. The number of aliphatic hydroxyl groups is 1. The van der Waals surface area contributed by atoms with Gasteiger partial charge in [0.1, 0.15) is 0 Å². The van der Waals surface area contributed by atoms with E-state index in [4.69, 9.17) is 9.84 Å². The van der Waals surface area contributed by atoms with Crippen LogP contribution in [0.5, 0.6) is 5.88 Å². The highest BCUT2D eigenvalue weighted by Crippen LogP contribution is 2.19. The highest BCUT2D eigenvalue weighted by Gasteiger charge is 2.38. The largest absolute Gasteiger partial charge is 0.481 e. The molecule has 1 unspecified atom stereocenters. The van der Waals surface area contributed by atoms with Crippen LogP contribution in [0.4, 0.5) is 13.2 Å². The molecule has 1 amide bonds. The van der Waals surface area contributed by atoms with Gasteiger partial charge in [0.05, 0.1) is 19.2 Å². The minimum Gasteiger partial charge on any atom is -0.481 e. The summed E-state index contributed by atoms with van der Waals surface area (Å²) in [6.07, 6.45) is -6.19. The first-order chi connectivity index (χ1) is 8.34. The molecule has 0 aliphatic carbocycles. The molecule has 0 saturated heterocycles. The van der Waals surface area contributed by atoms with Crippen molar-refractivity contribution in [2.45, 2.75) is 12.3 Å². The first-order valence-corrected chi connectivity index (χ1v) is 4.87. The summed E-state index contributed by atoms with van der Waals surface area (Å²) in [6.45, 7) is -0.908. The van der Waals surface area contributed by atoms with E-state index < -0.39 is 24.7 Å². The number of ether oxygens (including phenoxy) is 1. The fraction of sp³-hybridized carbons (Fsp3) is 0.400. The van der Waals surface area contributed by atoms with E-state index >= 15 is 0 Å². The maximum absolute atomic E-state index is 12.0. The van der Waals surface area contributed by atoms with Crippen molar-refractivity contribution in [3.63, 3.8) is 0 Å². The molecule has 1 rings (SSSR count). The lowest BCUT2D eigenvalue weighted by Gasteiger charge is -2.14. The van der Waals surface area contributed by atoms with Crippen molar-refractivity contribution in [1.82, 2.24) is 10.3 Å². The van der Waals surface area contributed by atoms with Crippen LogP contribution in [0.25, 0.3) is 0 Å². The fourth-order valence-electron chi connectivity index (χ4n) is 1.04. The van der Waals surface area contributed by atoms with E-state index in [0.717, 1.165) is 6.20 Å². The normalized spacial score (nSPS) is 12.9. The Morgan fingerprint density at radius 1 is 1.56 bits per heavy atom. The van der Waals surface area contributed by atoms with E-state index in [9.17, 15) is 18.0 Å². The average Bonchev–Trinajstić information content (AvgIpc) is 2.34. The number of alkyl halides is 3. The molecule has 100 valence electrons. The number of hydrogen-bond donors (Lipinski definition) is 2. The predicted octanol–water partition coefficient (Wildman–Crippen LogP) is 0.743. The first-order valence-electron chi connectivity index (χ1n) is 4.87. The highest BCUT2D eigenvalue weighted by molar-refractivity contribution is 5.93. The van der Waals surface area contributed by atoms with E-state index in [1.54, 1.807) is 0 Å². The quantitative estimate of drug-likeness (QED) is 0.841. The monoisotopic (exact) mass is 264 g/mol. The lowest BCUT2D eigenvalue weighted by atomic mass is 10.2. The van der Waals surface area contributed by atoms with Gasteiger partial charge < -0.3 is 15.2 Å². The van der Waals surface area contributed by atoms with E-state index in [1.165, 1.54) is 19.2 Å². The van der Waals surface area contributed by atoms with Gasteiger partial charge in [-0.1, -0.05) is 0 Å². The van der Waals surface area contributed by atoms with E-state index in [-0.39, 0.29) is 11.4 Å². The molecule has 2 N–H and O–H groups in total. The minimum absolute atomic E-state index is 0.0742. The van der Waals surface area contributed by atoms with Crippen LogP contribution in [-0.2, 0) is 0 Å². The number of pyridine rings is 1. The zero-order chi connectivity index (χ0) is 13.8. The van der Waals surface area contributed by atoms with Crippen LogP contribution < -0.4 is 10.1 Å². The Bertz CT molecular complexity index is 406. The van der Waals surface area contributed by atoms with Gasteiger partial charge in [0.15, 0.2) is 6.10 Å². The number of nitrogens with zero attached hydrogens (tertiary/aromatic N) is 1. The van der Waals surface area contributed by atoms with Crippen LogP contribution in [0.2, 0.25) is 0 Å². The minimum atomic E-state index is -4.76. The zero-order valence-electron chi connectivity index (χ0n) is 9.36. The molecule has 0 fully saturated rings. The molecule has 0 bridgehead atoms. The molecule has 1 atom stereocenters. The Balaban J connectivity index is 2.55. The van der Waals surface area contributed by atoms with Gasteiger partial charge in [0.25, 0.3) is 5.91 Å². The number of aliphatic hydroxyl groups excluding tert-OH is 1. The van der Waals surface area contributed by atoms with Crippen LogP contribution >= 0.6 is 0 Å². The summed E-state index contributed by atoms with van der Waals surface area (Å²) in [5.74, 6) is -0.477. The van der Waals surface area contributed by atoms with Gasteiger partial charge in [0, 0.05) is 12.3 Å². The average molecular weight is 264 g/mol. The molecule has 18 heavy (non-hydrogen) atoms. The third-order valence-electron chi connectivity index (χ3n) is 2.04. The Labute approximate surface area is 101 Å². The Morgan fingerprint density at radius 2 is 2.22 bits per heavy atom. The number of carbonyl (C=O) groups excluding carboxylic acids is 1. The van der Waals surface area contributed by atoms with Crippen LogP contribution in [0, 0.1) is 0 Å². The van der Waals surface area contributed by atoms with Crippen molar-refractivity contribution in [2.75, 3.05) is 13.7 Å². The summed E-state index contributed by atoms with van der Waals surface area (Å²) < 4.78 is 40.7. The smallest absolute Gasteiger partial charge is 0.416 e. The zero-order valence-corrected chi connectivity index (χ0v) is 9.36. The molecule has 0 radical (unpaired) electrons. The summed E-state index contributed by atoms with van der Waals surface area (Å²) in [5.41, 5.74) is 0.0742. The number of halogens is 3. The van der Waals surface area contributed by atoms with Gasteiger partial charge in [-0.3, -0.25) is 4.79 Å². The van der Waals surface area contributed by atoms with Crippen molar-refractivity contribution in [2.24, 2.45) is 0 Å². The van der Waals surface area contributed by atoms with Crippen molar-refractivity contribution >= 4 is 5.91 Å². The summed E-state index contributed by atoms with van der Waals surface area (Å²) >= 11 is 0. The molecule has 1 heterocycles. The molecule has 0 spiro atoms. The van der Waals surface area contributed by atoms with Gasteiger partial charge >= 0.3 is 6.18 Å². The van der Waals surface area contributed by atoms with E-state index in [2.05, 4.69) is 4.98 Å². The third-order valence-corrected chi connectivity index (χ3v) is 2.04. The predicted molar refractivity (Wildman–Crippen MR) is 55.2 cm³/mol. The topological polar surface area (TPSA) is 71.5 Å². The number of carbonyl (C=O) groups is 1. The van der Waals surface area contributed by atoms with Crippen molar-refractivity contribution < 1.29 is 27.8 Å². The van der Waals surface area contributed by atoms with Gasteiger partial charge in [0.2, 0.25) is 5.88 Å². The van der Waals surface area contributed by atoms with E-state index in [0.29, 0.717) is 0 Å². The molecule has 0 aliphatic rings. The van der Waals surface area contributed by atoms with Crippen molar-refractivity contribution in [3.05, 3.63) is 23.9 Å². The Hall–Kier alpha value is -1.83. The lowest BCUT2D eigenvalue weighted by Crippen LogP contribution is -2.40. The molecule has 5 nitrogen and oxygen atoms in total.